The van der Waals surface area contributed by atoms with E-state index in [1.807, 2.05) is 11.7 Å². The molecular weight excluding hydrogens is 262 g/mol. The van der Waals surface area contributed by atoms with Gasteiger partial charge in [-0.2, -0.15) is 5.10 Å². The largest absolute Gasteiger partial charge is 0.377 e. The third-order valence-electron chi connectivity index (χ3n) is 3.07. The summed E-state index contributed by atoms with van der Waals surface area (Å²) in [5.41, 5.74) is 2.05. The number of likely N-dealkylation sites (N-methyl/N-ethyl adjacent to an activating group) is 1. The van der Waals surface area contributed by atoms with Crippen molar-refractivity contribution in [2.24, 2.45) is 7.05 Å². The number of aryl methyl sites for hydroxylation is 2. The van der Waals surface area contributed by atoms with Crippen LogP contribution in [0.2, 0.25) is 5.02 Å². The molecule has 1 heterocycles. The number of aromatic nitrogens is 2. The second kappa shape index (κ2) is 7.88. The predicted octanol–water partition coefficient (Wildman–Crippen LogP) is 2.58. The van der Waals surface area contributed by atoms with Gasteiger partial charge in [0.2, 0.25) is 0 Å². The van der Waals surface area contributed by atoms with Crippen molar-refractivity contribution >= 4 is 11.6 Å². The van der Waals surface area contributed by atoms with Crippen LogP contribution >= 0.6 is 11.6 Å². The van der Waals surface area contributed by atoms with Crippen molar-refractivity contribution in [3.63, 3.8) is 0 Å². The van der Waals surface area contributed by atoms with Gasteiger partial charge < -0.3 is 10.1 Å². The summed E-state index contributed by atoms with van der Waals surface area (Å²) in [6.45, 7) is 9.88. The Morgan fingerprint density at radius 1 is 1.37 bits per heavy atom. The van der Waals surface area contributed by atoms with Crippen LogP contribution in [0.15, 0.2) is 0 Å². The van der Waals surface area contributed by atoms with E-state index >= 15 is 0 Å². The van der Waals surface area contributed by atoms with Crippen molar-refractivity contribution in [1.82, 2.24) is 15.1 Å². The van der Waals surface area contributed by atoms with Crippen molar-refractivity contribution in [1.29, 1.82) is 0 Å². The van der Waals surface area contributed by atoms with Gasteiger partial charge >= 0.3 is 0 Å². The Bertz CT molecular complexity index is 390. The highest BCUT2D eigenvalue weighted by atomic mass is 35.5. The maximum Gasteiger partial charge on any atom is 0.0850 e. The molecule has 0 aliphatic heterocycles. The topological polar surface area (TPSA) is 39.1 Å². The lowest BCUT2D eigenvalue weighted by molar-refractivity contribution is 0.0612. The van der Waals surface area contributed by atoms with Crippen molar-refractivity contribution < 1.29 is 4.74 Å². The fraction of sp³-hybridized carbons (Fsp3) is 0.786. The van der Waals surface area contributed by atoms with E-state index in [4.69, 9.17) is 16.3 Å². The first-order valence-corrected chi connectivity index (χ1v) is 7.42. The van der Waals surface area contributed by atoms with E-state index in [-0.39, 0.29) is 12.1 Å². The molecule has 110 valence electrons. The Morgan fingerprint density at radius 2 is 2.05 bits per heavy atom. The minimum atomic E-state index is 0.245. The SMILES string of the molecule is CCNC(COC(C)C)Cc1c(Cl)c(CC)nn1C. The second-order valence-corrected chi connectivity index (χ2v) is 5.40. The summed E-state index contributed by atoms with van der Waals surface area (Å²) in [6, 6.07) is 0.269. The molecule has 0 radical (unpaired) electrons. The van der Waals surface area contributed by atoms with Crippen molar-refractivity contribution in [3.05, 3.63) is 16.4 Å². The first kappa shape index (κ1) is 16.5. The average Bonchev–Trinajstić information content (AvgIpc) is 2.63. The number of hydrogen-bond acceptors (Lipinski definition) is 3. The van der Waals surface area contributed by atoms with Crippen molar-refractivity contribution in [2.75, 3.05) is 13.2 Å². The van der Waals surface area contributed by atoms with Crippen LogP contribution in [0.5, 0.6) is 0 Å². The van der Waals surface area contributed by atoms with Gasteiger partial charge in [0.15, 0.2) is 0 Å². The molecule has 19 heavy (non-hydrogen) atoms. The van der Waals surface area contributed by atoms with Crippen LogP contribution in [-0.2, 0) is 24.6 Å². The molecule has 0 bridgehead atoms. The van der Waals surface area contributed by atoms with E-state index in [0.717, 1.165) is 35.8 Å². The van der Waals surface area contributed by atoms with Crippen molar-refractivity contribution in [3.8, 4) is 0 Å². The number of halogens is 1. The molecule has 0 amide bonds. The van der Waals surface area contributed by atoms with Gasteiger partial charge in [-0.15, -0.1) is 0 Å². The molecule has 1 rings (SSSR count). The molecule has 1 aromatic heterocycles. The zero-order valence-corrected chi connectivity index (χ0v) is 13.4. The molecule has 0 saturated carbocycles. The molecule has 1 aromatic rings. The van der Waals surface area contributed by atoms with Gasteiger partial charge in [0.05, 0.1) is 29.1 Å². The van der Waals surface area contributed by atoms with Gasteiger partial charge in [0, 0.05) is 19.5 Å². The van der Waals surface area contributed by atoms with Crippen molar-refractivity contribution in [2.45, 2.75) is 52.7 Å². The summed E-state index contributed by atoms with van der Waals surface area (Å²) in [6.07, 6.45) is 1.94. The standard InChI is InChI=1S/C14H26ClN3O/c1-6-12-14(15)13(18(5)17-12)8-11(16-7-2)9-19-10(3)4/h10-11,16H,6-9H2,1-5H3. The molecule has 1 unspecified atom stereocenters. The van der Waals surface area contributed by atoms with E-state index in [0.29, 0.717) is 6.61 Å². The first-order valence-electron chi connectivity index (χ1n) is 7.04. The van der Waals surface area contributed by atoms with Crippen LogP contribution in [0.3, 0.4) is 0 Å². The van der Waals surface area contributed by atoms with Gasteiger partial charge in [-0.3, -0.25) is 4.68 Å². The highest BCUT2D eigenvalue weighted by Crippen LogP contribution is 2.22. The highest BCUT2D eigenvalue weighted by Gasteiger charge is 2.18. The number of ether oxygens (including phenoxy) is 1. The minimum absolute atomic E-state index is 0.245. The quantitative estimate of drug-likeness (QED) is 0.799. The van der Waals surface area contributed by atoms with Crippen LogP contribution in [0.1, 0.15) is 39.1 Å². The molecule has 0 aromatic carbocycles. The van der Waals surface area contributed by atoms with E-state index in [9.17, 15) is 0 Å². The second-order valence-electron chi connectivity index (χ2n) is 5.03. The van der Waals surface area contributed by atoms with Crippen LogP contribution < -0.4 is 5.32 Å². The molecule has 1 atom stereocenters. The molecule has 0 spiro atoms. The normalized spacial score (nSPS) is 13.2. The van der Waals surface area contributed by atoms with E-state index in [1.54, 1.807) is 0 Å². The maximum absolute atomic E-state index is 6.38. The summed E-state index contributed by atoms with van der Waals surface area (Å²) in [4.78, 5) is 0. The zero-order valence-electron chi connectivity index (χ0n) is 12.7. The number of rotatable bonds is 8. The van der Waals surface area contributed by atoms with Crippen LogP contribution in [-0.4, -0.2) is 35.1 Å². The Kier molecular flexibility index (Phi) is 6.83. The number of nitrogens with zero attached hydrogens (tertiary/aromatic N) is 2. The average molecular weight is 288 g/mol. The van der Waals surface area contributed by atoms with Crippen LogP contribution in [0.25, 0.3) is 0 Å². The van der Waals surface area contributed by atoms with E-state index in [1.165, 1.54) is 0 Å². The van der Waals surface area contributed by atoms with Crippen LogP contribution in [0, 0.1) is 0 Å². The number of nitrogens with one attached hydrogen (secondary N) is 1. The molecule has 4 nitrogen and oxygen atoms in total. The van der Waals surface area contributed by atoms with Gasteiger partial charge in [-0.05, 0) is 26.8 Å². The highest BCUT2D eigenvalue weighted by molar-refractivity contribution is 6.31. The lowest BCUT2D eigenvalue weighted by Gasteiger charge is -2.19. The van der Waals surface area contributed by atoms with Gasteiger partial charge in [0.25, 0.3) is 0 Å². The molecule has 0 fully saturated rings. The molecular formula is C14H26ClN3O. The van der Waals surface area contributed by atoms with Gasteiger partial charge in [-0.25, -0.2) is 0 Å². The smallest absolute Gasteiger partial charge is 0.0850 e. The zero-order chi connectivity index (χ0) is 14.4. The fourth-order valence-electron chi connectivity index (χ4n) is 2.06. The summed E-state index contributed by atoms with van der Waals surface area (Å²) in [5, 5.41) is 8.70. The van der Waals surface area contributed by atoms with Crippen LogP contribution in [0.4, 0.5) is 0 Å². The predicted molar refractivity (Wildman–Crippen MR) is 79.9 cm³/mol. The van der Waals surface area contributed by atoms with E-state index < -0.39 is 0 Å². The molecule has 0 aliphatic rings. The molecule has 5 heteroatoms. The Labute approximate surface area is 121 Å². The summed E-state index contributed by atoms with van der Waals surface area (Å²) in [5.74, 6) is 0. The molecule has 0 aliphatic carbocycles. The van der Waals surface area contributed by atoms with Gasteiger partial charge in [-0.1, -0.05) is 25.4 Å². The number of hydrogen-bond donors (Lipinski definition) is 1. The lowest BCUT2D eigenvalue weighted by Crippen LogP contribution is -2.36. The van der Waals surface area contributed by atoms with E-state index in [2.05, 4.69) is 38.1 Å². The Hall–Kier alpha value is -0.580. The monoisotopic (exact) mass is 287 g/mol. The molecule has 1 N–H and O–H groups in total. The lowest BCUT2D eigenvalue weighted by atomic mass is 10.1. The fourth-order valence-corrected chi connectivity index (χ4v) is 2.43. The maximum atomic E-state index is 6.38. The van der Waals surface area contributed by atoms with Gasteiger partial charge in [0.1, 0.15) is 0 Å². The summed E-state index contributed by atoms with van der Waals surface area (Å²) in [7, 11) is 1.95. The summed E-state index contributed by atoms with van der Waals surface area (Å²) >= 11 is 6.38. The third kappa shape index (κ3) is 4.79. The first-order chi connectivity index (χ1) is 8.99. The Balaban J connectivity index is 2.75. The third-order valence-corrected chi connectivity index (χ3v) is 3.50. The minimum Gasteiger partial charge on any atom is -0.377 e. The Morgan fingerprint density at radius 3 is 2.53 bits per heavy atom. The summed E-state index contributed by atoms with van der Waals surface area (Å²) < 4.78 is 7.60. The molecule has 0 saturated heterocycles.